The summed E-state index contributed by atoms with van der Waals surface area (Å²) in [7, 11) is 0. The number of pyridine rings is 2. The zero-order chi connectivity index (χ0) is 19.0. The second-order valence-corrected chi connectivity index (χ2v) is 5.97. The number of benzene rings is 1. The van der Waals surface area contributed by atoms with Crippen LogP contribution in [0, 0.1) is 17.7 Å². The highest BCUT2D eigenvalue weighted by molar-refractivity contribution is 5.72. The Morgan fingerprint density at radius 2 is 1.85 bits per heavy atom. The minimum atomic E-state index is -0.936. The van der Waals surface area contributed by atoms with E-state index >= 15 is 0 Å². The van der Waals surface area contributed by atoms with E-state index in [4.69, 9.17) is 4.74 Å². The van der Waals surface area contributed by atoms with E-state index < -0.39 is 36.0 Å². The molecule has 27 heavy (non-hydrogen) atoms. The first-order chi connectivity index (χ1) is 13.0. The van der Waals surface area contributed by atoms with E-state index in [2.05, 4.69) is 15.3 Å². The molecule has 0 bridgehead atoms. The molecule has 5 nitrogen and oxygen atoms in total. The Balaban J connectivity index is 1.77. The Bertz CT molecular complexity index is 1030. The molecule has 0 spiro atoms. The molecule has 1 aromatic carbocycles. The zero-order valence-electron chi connectivity index (χ0n) is 13.7. The minimum absolute atomic E-state index is 0.0461. The fraction of sp³-hybridized carbons (Fsp3) is 0.105. The number of carbonyl (C=O) groups is 1. The van der Waals surface area contributed by atoms with E-state index in [0.29, 0.717) is 16.7 Å². The van der Waals surface area contributed by atoms with Gasteiger partial charge in [0.25, 0.3) is 0 Å². The Morgan fingerprint density at radius 3 is 2.63 bits per heavy atom. The van der Waals surface area contributed by atoms with Crippen LogP contribution in [0.3, 0.4) is 0 Å². The van der Waals surface area contributed by atoms with Crippen LogP contribution in [0.4, 0.5) is 18.0 Å². The van der Waals surface area contributed by atoms with E-state index in [1.54, 1.807) is 12.1 Å². The fourth-order valence-electron chi connectivity index (χ4n) is 3.03. The lowest BCUT2D eigenvalue weighted by molar-refractivity contribution is 0.131. The molecule has 1 fully saturated rings. The summed E-state index contributed by atoms with van der Waals surface area (Å²) < 4.78 is 46.6. The second-order valence-electron chi connectivity index (χ2n) is 5.97. The molecule has 1 amide bonds. The number of aromatic nitrogens is 2. The number of hydrogen-bond donors (Lipinski definition) is 1. The average Bonchev–Trinajstić information content (AvgIpc) is 3.04. The van der Waals surface area contributed by atoms with Gasteiger partial charge in [0.2, 0.25) is 11.9 Å². The Kier molecular flexibility index (Phi) is 4.23. The van der Waals surface area contributed by atoms with Crippen LogP contribution in [0.2, 0.25) is 0 Å². The minimum Gasteiger partial charge on any atom is -0.439 e. The third-order valence-electron chi connectivity index (χ3n) is 4.25. The van der Waals surface area contributed by atoms with Gasteiger partial charge in [-0.2, -0.15) is 8.78 Å². The molecule has 8 heteroatoms. The first-order valence-electron chi connectivity index (χ1n) is 8.01. The highest BCUT2D eigenvalue weighted by Crippen LogP contribution is 2.38. The molecule has 2 aromatic heterocycles. The topological polar surface area (TPSA) is 64.1 Å². The summed E-state index contributed by atoms with van der Waals surface area (Å²) >= 11 is 0. The van der Waals surface area contributed by atoms with E-state index in [1.165, 1.54) is 42.7 Å². The van der Waals surface area contributed by atoms with Crippen molar-refractivity contribution in [3.63, 3.8) is 0 Å². The maximum Gasteiger partial charge on any atom is 0.408 e. The van der Waals surface area contributed by atoms with Gasteiger partial charge in [0.1, 0.15) is 11.9 Å². The van der Waals surface area contributed by atoms with Crippen LogP contribution in [0.15, 0.2) is 54.9 Å². The number of amides is 1. The van der Waals surface area contributed by atoms with Crippen molar-refractivity contribution in [2.45, 2.75) is 12.1 Å². The van der Waals surface area contributed by atoms with Crippen molar-refractivity contribution in [1.29, 1.82) is 0 Å². The van der Waals surface area contributed by atoms with Gasteiger partial charge >= 0.3 is 6.09 Å². The van der Waals surface area contributed by atoms with Gasteiger partial charge in [0.05, 0.1) is 0 Å². The van der Waals surface area contributed by atoms with Crippen LogP contribution >= 0.6 is 0 Å². The molecular formula is C19H12F3N3O2. The Hall–Kier alpha value is -3.42. The SMILES string of the molecule is O=C1N[C@H](c2cc(-c3ccnc(F)c3)cnc2F)[C@@H](c2cccc(F)c2)O1. The highest BCUT2D eigenvalue weighted by atomic mass is 19.1. The number of nitrogens with one attached hydrogen (secondary N) is 1. The van der Waals surface area contributed by atoms with E-state index in [-0.39, 0.29) is 5.56 Å². The predicted molar refractivity (Wildman–Crippen MR) is 88.9 cm³/mol. The maximum absolute atomic E-state index is 14.4. The van der Waals surface area contributed by atoms with E-state index in [1.807, 2.05) is 0 Å². The number of cyclic esters (lactones) is 1. The van der Waals surface area contributed by atoms with Gasteiger partial charge in [-0.25, -0.2) is 19.2 Å². The van der Waals surface area contributed by atoms with Crippen molar-refractivity contribution < 1.29 is 22.7 Å². The van der Waals surface area contributed by atoms with Gasteiger partial charge in [-0.1, -0.05) is 12.1 Å². The molecule has 1 aliphatic heterocycles. The van der Waals surface area contributed by atoms with Crippen LogP contribution in [0.1, 0.15) is 23.3 Å². The monoisotopic (exact) mass is 371 g/mol. The van der Waals surface area contributed by atoms with Crippen LogP contribution in [-0.2, 0) is 4.74 Å². The summed E-state index contributed by atoms with van der Waals surface area (Å²) in [5.41, 5.74) is 1.30. The number of ether oxygens (including phenoxy) is 1. The van der Waals surface area contributed by atoms with Gasteiger partial charge in [0, 0.05) is 29.6 Å². The second kappa shape index (κ2) is 6.71. The van der Waals surface area contributed by atoms with E-state index in [0.717, 1.165) is 0 Å². The van der Waals surface area contributed by atoms with Gasteiger partial charge in [-0.3, -0.25) is 0 Å². The molecule has 136 valence electrons. The van der Waals surface area contributed by atoms with Gasteiger partial charge < -0.3 is 10.1 Å². The summed E-state index contributed by atoms with van der Waals surface area (Å²) in [6, 6.07) is 8.78. The third-order valence-corrected chi connectivity index (χ3v) is 4.25. The van der Waals surface area contributed by atoms with Gasteiger partial charge in [-0.15, -0.1) is 0 Å². The van der Waals surface area contributed by atoms with Crippen LogP contribution in [-0.4, -0.2) is 16.1 Å². The molecule has 3 heterocycles. The first kappa shape index (κ1) is 17.0. The Labute approximate surface area is 151 Å². The van der Waals surface area contributed by atoms with Crippen molar-refractivity contribution in [2.24, 2.45) is 0 Å². The van der Waals surface area contributed by atoms with Gasteiger partial charge in [-0.05, 0) is 35.4 Å². The van der Waals surface area contributed by atoms with Crippen LogP contribution in [0.5, 0.6) is 0 Å². The normalized spacial score (nSPS) is 18.9. The number of carbonyl (C=O) groups excluding carboxylic acids is 1. The summed E-state index contributed by atoms with van der Waals surface area (Å²) in [5, 5.41) is 2.52. The molecule has 1 N–H and O–H groups in total. The lowest BCUT2D eigenvalue weighted by Crippen LogP contribution is -2.21. The lowest BCUT2D eigenvalue weighted by Gasteiger charge is -2.18. The smallest absolute Gasteiger partial charge is 0.408 e. The van der Waals surface area contributed by atoms with Gasteiger partial charge in [0.15, 0.2) is 6.10 Å². The molecule has 0 radical (unpaired) electrons. The third kappa shape index (κ3) is 3.33. The largest absolute Gasteiger partial charge is 0.439 e. The van der Waals surface area contributed by atoms with Crippen molar-refractivity contribution in [1.82, 2.24) is 15.3 Å². The molecule has 4 rings (SSSR count). The number of nitrogens with zero attached hydrogens (tertiary/aromatic N) is 2. The highest BCUT2D eigenvalue weighted by Gasteiger charge is 2.38. The number of alkyl carbamates (subject to hydrolysis) is 1. The van der Waals surface area contributed by atoms with Crippen molar-refractivity contribution in [2.75, 3.05) is 0 Å². The summed E-state index contributed by atoms with van der Waals surface area (Å²) in [6.07, 6.45) is 0.842. The number of halogens is 3. The maximum atomic E-state index is 14.4. The lowest BCUT2D eigenvalue weighted by atomic mass is 9.95. The van der Waals surface area contributed by atoms with Crippen molar-refractivity contribution in [3.8, 4) is 11.1 Å². The van der Waals surface area contributed by atoms with E-state index in [9.17, 15) is 18.0 Å². The number of hydrogen-bond acceptors (Lipinski definition) is 4. The predicted octanol–water partition coefficient (Wildman–Crippen LogP) is 4.08. The molecule has 2 atom stereocenters. The molecule has 1 aliphatic rings. The molecule has 0 unspecified atom stereocenters. The molecule has 0 aliphatic carbocycles. The van der Waals surface area contributed by atoms with Crippen LogP contribution < -0.4 is 5.32 Å². The van der Waals surface area contributed by atoms with Crippen LogP contribution in [0.25, 0.3) is 11.1 Å². The Morgan fingerprint density at radius 1 is 1.00 bits per heavy atom. The molecule has 3 aromatic rings. The zero-order valence-corrected chi connectivity index (χ0v) is 13.7. The van der Waals surface area contributed by atoms with Crippen molar-refractivity contribution in [3.05, 3.63) is 83.7 Å². The summed E-state index contributed by atoms with van der Waals surface area (Å²) in [4.78, 5) is 19.0. The number of rotatable bonds is 3. The fourth-order valence-corrected chi connectivity index (χ4v) is 3.03. The summed E-state index contributed by atoms with van der Waals surface area (Å²) in [5.74, 6) is -2.01. The average molecular weight is 371 g/mol. The molecule has 0 saturated carbocycles. The quantitative estimate of drug-likeness (QED) is 0.705. The first-order valence-corrected chi connectivity index (χ1v) is 8.01. The van der Waals surface area contributed by atoms with Crippen molar-refractivity contribution >= 4 is 6.09 Å². The molecule has 1 saturated heterocycles. The standard InChI is InChI=1S/C19H12F3N3O2/c20-13-3-1-2-11(6-13)17-16(25-19(26)27-17)14-7-12(9-24-18(14)22)10-4-5-23-15(21)8-10/h1-9,16-17H,(H,25,26)/t16-,17-/m1/s1. The molecular weight excluding hydrogens is 359 g/mol. The summed E-state index contributed by atoms with van der Waals surface area (Å²) in [6.45, 7) is 0.